The molecule has 0 aromatic heterocycles. The van der Waals surface area contributed by atoms with Crippen molar-refractivity contribution in [2.45, 2.75) is 20.8 Å². The van der Waals surface area contributed by atoms with Crippen molar-refractivity contribution in [1.29, 1.82) is 0 Å². The van der Waals surface area contributed by atoms with Crippen LogP contribution in [0.25, 0.3) is 0 Å². The number of rotatable bonds is 3. The summed E-state index contributed by atoms with van der Waals surface area (Å²) >= 11 is 0. The minimum Gasteiger partial charge on any atom is -0.339 e. The van der Waals surface area contributed by atoms with E-state index in [1.54, 1.807) is 0 Å². The molecule has 2 rings (SSSR count). The lowest BCUT2D eigenvalue weighted by Gasteiger charge is -2.39. The van der Waals surface area contributed by atoms with Gasteiger partial charge in [0.05, 0.1) is 0 Å². The highest BCUT2D eigenvalue weighted by Crippen LogP contribution is 2.19. The maximum absolute atomic E-state index is 12.3. The SMILES string of the molecule is CC(C)C(=O)N1CCN(C(=O)C(C)C2CNC2)CC1. The van der Waals surface area contributed by atoms with Crippen molar-refractivity contribution in [3.63, 3.8) is 0 Å². The summed E-state index contributed by atoms with van der Waals surface area (Å²) in [6, 6.07) is 0. The Bertz CT molecular complexity index is 345. The molecule has 108 valence electrons. The number of amides is 2. The van der Waals surface area contributed by atoms with Gasteiger partial charge in [-0.2, -0.15) is 0 Å². The molecule has 2 saturated heterocycles. The fourth-order valence-electron chi connectivity index (χ4n) is 2.67. The second kappa shape index (κ2) is 5.90. The Morgan fingerprint density at radius 1 is 0.947 bits per heavy atom. The van der Waals surface area contributed by atoms with Crippen molar-refractivity contribution in [2.75, 3.05) is 39.3 Å². The topological polar surface area (TPSA) is 52.7 Å². The van der Waals surface area contributed by atoms with Crippen LogP contribution in [0, 0.1) is 17.8 Å². The quantitative estimate of drug-likeness (QED) is 0.793. The maximum Gasteiger partial charge on any atom is 0.225 e. The second-order valence-corrected chi connectivity index (χ2v) is 6.01. The lowest BCUT2D eigenvalue weighted by atomic mass is 9.88. The van der Waals surface area contributed by atoms with E-state index in [1.165, 1.54) is 0 Å². The second-order valence-electron chi connectivity index (χ2n) is 6.01. The van der Waals surface area contributed by atoms with Gasteiger partial charge in [0.2, 0.25) is 11.8 Å². The molecule has 0 aliphatic carbocycles. The lowest BCUT2D eigenvalue weighted by Crippen LogP contribution is -2.55. The minimum atomic E-state index is 0.0437. The summed E-state index contributed by atoms with van der Waals surface area (Å²) in [6.07, 6.45) is 0. The Balaban J connectivity index is 1.82. The number of nitrogens with one attached hydrogen (secondary N) is 1. The van der Waals surface area contributed by atoms with Crippen LogP contribution < -0.4 is 5.32 Å². The molecule has 2 amide bonds. The summed E-state index contributed by atoms with van der Waals surface area (Å²) in [5, 5.41) is 3.21. The van der Waals surface area contributed by atoms with Crippen molar-refractivity contribution < 1.29 is 9.59 Å². The van der Waals surface area contributed by atoms with Crippen LogP contribution in [0.15, 0.2) is 0 Å². The zero-order valence-electron chi connectivity index (χ0n) is 12.2. The standard InChI is InChI=1S/C14H25N3O2/c1-10(2)13(18)16-4-6-17(7-5-16)14(19)11(3)12-8-15-9-12/h10-12,15H,4-9H2,1-3H3. The number of hydrogen-bond acceptors (Lipinski definition) is 3. The van der Waals surface area contributed by atoms with E-state index in [4.69, 9.17) is 0 Å². The van der Waals surface area contributed by atoms with Gasteiger partial charge in [0.1, 0.15) is 0 Å². The first kappa shape index (κ1) is 14.3. The molecule has 0 saturated carbocycles. The first-order valence-corrected chi connectivity index (χ1v) is 7.29. The number of carbonyl (C=O) groups is 2. The van der Waals surface area contributed by atoms with Gasteiger partial charge in [0, 0.05) is 38.0 Å². The summed E-state index contributed by atoms with van der Waals surface area (Å²) in [4.78, 5) is 28.0. The smallest absolute Gasteiger partial charge is 0.225 e. The molecule has 5 nitrogen and oxygen atoms in total. The average Bonchev–Trinajstić information content (AvgIpc) is 2.35. The van der Waals surface area contributed by atoms with Crippen LogP contribution in [0.3, 0.4) is 0 Å². The van der Waals surface area contributed by atoms with Gasteiger partial charge >= 0.3 is 0 Å². The van der Waals surface area contributed by atoms with Gasteiger partial charge in [-0.3, -0.25) is 9.59 Å². The first-order valence-electron chi connectivity index (χ1n) is 7.29. The minimum absolute atomic E-state index is 0.0437. The van der Waals surface area contributed by atoms with Crippen LogP contribution in [0.2, 0.25) is 0 Å². The molecular weight excluding hydrogens is 242 g/mol. The van der Waals surface area contributed by atoms with E-state index >= 15 is 0 Å². The largest absolute Gasteiger partial charge is 0.339 e. The third-order valence-corrected chi connectivity index (χ3v) is 4.31. The highest BCUT2D eigenvalue weighted by Gasteiger charge is 2.33. The van der Waals surface area contributed by atoms with Gasteiger partial charge in [0.25, 0.3) is 0 Å². The van der Waals surface area contributed by atoms with Crippen LogP contribution in [-0.4, -0.2) is 60.9 Å². The molecule has 0 spiro atoms. The Morgan fingerprint density at radius 2 is 1.42 bits per heavy atom. The fraction of sp³-hybridized carbons (Fsp3) is 0.857. The molecule has 19 heavy (non-hydrogen) atoms. The van der Waals surface area contributed by atoms with Gasteiger partial charge in [0.15, 0.2) is 0 Å². The molecule has 2 aliphatic heterocycles. The van der Waals surface area contributed by atoms with Crippen LogP contribution in [0.4, 0.5) is 0 Å². The Hall–Kier alpha value is -1.10. The van der Waals surface area contributed by atoms with Gasteiger partial charge < -0.3 is 15.1 Å². The molecule has 0 aromatic rings. The van der Waals surface area contributed by atoms with Crippen LogP contribution in [-0.2, 0) is 9.59 Å². The normalized spacial score (nSPS) is 22.3. The molecule has 5 heteroatoms. The molecule has 0 bridgehead atoms. The van der Waals surface area contributed by atoms with Crippen molar-refractivity contribution in [3.8, 4) is 0 Å². The molecule has 2 aliphatic rings. The number of piperazine rings is 1. The predicted molar refractivity (Wildman–Crippen MR) is 73.5 cm³/mol. The van der Waals surface area contributed by atoms with Crippen LogP contribution in [0.5, 0.6) is 0 Å². The van der Waals surface area contributed by atoms with Gasteiger partial charge in [-0.1, -0.05) is 20.8 Å². The summed E-state index contributed by atoms with van der Waals surface area (Å²) in [7, 11) is 0. The summed E-state index contributed by atoms with van der Waals surface area (Å²) in [6.45, 7) is 10.5. The van der Waals surface area contributed by atoms with E-state index in [1.807, 2.05) is 30.6 Å². The van der Waals surface area contributed by atoms with Crippen molar-refractivity contribution in [3.05, 3.63) is 0 Å². The van der Waals surface area contributed by atoms with E-state index in [0.717, 1.165) is 13.1 Å². The van der Waals surface area contributed by atoms with E-state index in [9.17, 15) is 9.59 Å². The van der Waals surface area contributed by atoms with Crippen LogP contribution >= 0.6 is 0 Å². The molecule has 1 N–H and O–H groups in total. The average molecular weight is 267 g/mol. The molecule has 0 radical (unpaired) electrons. The number of carbonyl (C=O) groups excluding carboxylic acids is 2. The molecule has 2 fully saturated rings. The third-order valence-electron chi connectivity index (χ3n) is 4.31. The molecular formula is C14H25N3O2. The summed E-state index contributed by atoms with van der Waals surface area (Å²) < 4.78 is 0. The monoisotopic (exact) mass is 267 g/mol. The van der Waals surface area contributed by atoms with E-state index in [2.05, 4.69) is 5.32 Å². The lowest BCUT2D eigenvalue weighted by molar-refractivity contribution is -0.144. The fourth-order valence-corrected chi connectivity index (χ4v) is 2.67. The van der Waals surface area contributed by atoms with E-state index < -0.39 is 0 Å². The molecule has 1 unspecified atom stereocenters. The van der Waals surface area contributed by atoms with Gasteiger partial charge in [-0.05, 0) is 19.0 Å². The number of hydrogen-bond donors (Lipinski definition) is 1. The maximum atomic E-state index is 12.3. The highest BCUT2D eigenvalue weighted by molar-refractivity contribution is 5.80. The highest BCUT2D eigenvalue weighted by atomic mass is 16.2. The predicted octanol–water partition coefficient (Wildman–Crippen LogP) is 0.169. The van der Waals surface area contributed by atoms with Crippen molar-refractivity contribution in [2.24, 2.45) is 17.8 Å². The van der Waals surface area contributed by atoms with Crippen LogP contribution in [0.1, 0.15) is 20.8 Å². The Morgan fingerprint density at radius 3 is 1.79 bits per heavy atom. The Labute approximate surface area is 115 Å². The zero-order chi connectivity index (χ0) is 14.0. The number of nitrogens with zero attached hydrogens (tertiary/aromatic N) is 2. The summed E-state index contributed by atoms with van der Waals surface area (Å²) in [5.74, 6) is 1.09. The zero-order valence-corrected chi connectivity index (χ0v) is 12.2. The van der Waals surface area contributed by atoms with E-state index in [0.29, 0.717) is 32.1 Å². The summed E-state index contributed by atoms with van der Waals surface area (Å²) in [5.41, 5.74) is 0. The van der Waals surface area contributed by atoms with Crippen molar-refractivity contribution in [1.82, 2.24) is 15.1 Å². The molecule has 2 heterocycles. The Kier molecular flexibility index (Phi) is 4.45. The van der Waals surface area contributed by atoms with E-state index in [-0.39, 0.29) is 23.7 Å². The van der Waals surface area contributed by atoms with Gasteiger partial charge in [-0.25, -0.2) is 0 Å². The third kappa shape index (κ3) is 3.08. The first-order chi connectivity index (χ1) is 9.00. The molecule has 1 atom stereocenters. The molecule has 0 aromatic carbocycles. The van der Waals surface area contributed by atoms with Crippen molar-refractivity contribution >= 4 is 11.8 Å². The van der Waals surface area contributed by atoms with Gasteiger partial charge in [-0.15, -0.1) is 0 Å².